The second kappa shape index (κ2) is 16.8. The fourth-order valence-electron chi connectivity index (χ4n) is 12.3. The van der Waals surface area contributed by atoms with Crippen LogP contribution in [-0.4, -0.2) is 9.97 Å². The second-order valence-corrected chi connectivity index (χ2v) is 21.4. The first kappa shape index (κ1) is 43.8. The van der Waals surface area contributed by atoms with E-state index in [9.17, 15) is 0 Å². The molecule has 0 unspecified atom stereocenters. The Labute approximate surface area is 433 Å². The van der Waals surface area contributed by atoms with E-state index in [0.717, 1.165) is 22.5 Å². The van der Waals surface area contributed by atoms with Gasteiger partial charge in [-0.3, -0.25) is 9.97 Å². The lowest BCUT2D eigenvalue weighted by atomic mass is 9.80. The average Bonchev–Trinajstić information content (AvgIpc) is 3.87. The Morgan fingerprint density at radius 3 is 0.932 bits per heavy atom. The van der Waals surface area contributed by atoms with Crippen molar-refractivity contribution < 1.29 is 0 Å². The lowest BCUT2D eigenvalue weighted by Gasteiger charge is -2.23. The standard InChI is InChI=1S/C72H52N2/c1-71(2)65-39-49(47-17-9-19-53(37-47)59-23-11-15-45-13-5-7-21-57(45)59)25-31-61(65)63-33-27-51(41-67(63)71)55-29-35-69(73-43-55)70-36-30-56(44-74-70)52-28-34-64-62-32-26-50(40-66(62)72(3,4)68(64)42-52)48-18-10-20-54(38-48)60-24-12-16-46-14-6-8-22-58(46)60/h5-44H,1-4H3. The van der Waals surface area contributed by atoms with Crippen LogP contribution in [0.4, 0.5) is 0 Å². The van der Waals surface area contributed by atoms with Gasteiger partial charge in [-0.1, -0.05) is 210 Å². The van der Waals surface area contributed by atoms with Gasteiger partial charge in [0, 0.05) is 34.4 Å². The van der Waals surface area contributed by atoms with E-state index >= 15 is 0 Å². The van der Waals surface area contributed by atoms with Gasteiger partial charge in [-0.25, -0.2) is 0 Å². The summed E-state index contributed by atoms with van der Waals surface area (Å²) < 4.78 is 0. The molecule has 0 aliphatic heterocycles. The molecular formula is C72H52N2. The summed E-state index contributed by atoms with van der Waals surface area (Å²) in [6.45, 7) is 9.45. The molecule has 0 saturated heterocycles. The molecule has 0 bridgehead atoms. The zero-order chi connectivity index (χ0) is 49.7. The zero-order valence-electron chi connectivity index (χ0n) is 42.0. The van der Waals surface area contributed by atoms with Crippen molar-refractivity contribution in [3.63, 3.8) is 0 Å². The molecule has 2 heterocycles. The van der Waals surface area contributed by atoms with Crippen LogP contribution in [0, 0.1) is 0 Å². The number of pyridine rings is 2. The van der Waals surface area contributed by atoms with Crippen LogP contribution >= 0.6 is 0 Å². The molecule has 0 atom stereocenters. The van der Waals surface area contributed by atoms with E-state index in [-0.39, 0.29) is 10.8 Å². The molecule has 12 aromatic rings. The molecule has 2 aliphatic carbocycles. The number of hydrogen-bond acceptors (Lipinski definition) is 2. The topological polar surface area (TPSA) is 25.8 Å². The number of rotatable bonds is 7. The van der Waals surface area contributed by atoms with E-state index in [0.29, 0.717) is 0 Å². The van der Waals surface area contributed by atoms with Crippen molar-refractivity contribution in [1.82, 2.24) is 9.97 Å². The molecular weight excluding hydrogens is 893 g/mol. The molecule has 0 spiro atoms. The Kier molecular flexibility index (Phi) is 9.94. The first-order valence-electron chi connectivity index (χ1n) is 25.8. The van der Waals surface area contributed by atoms with E-state index in [4.69, 9.17) is 9.97 Å². The van der Waals surface area contributed by atoms with Crippen LogP contribution in [0.15, 0.2) is 243 Å². The Balaban J connectivity index is 0.690. The number of benzene rings is 10. The molecule has 0 saturated carbocycles. The summed E-state index contributed by atoms with van der Waals surface area (Å²) in [5.41, 5.74) is 26.4. The third-order valence-electron chi connectivity index (χ3n) is 16.4. The zero-order valence-corrected chi connectivity index (χ0v) is 42.0. The van der Waals surface area contributed by atoms with E-state index in [2.05, 4.69) is 258 Å². The molecule has 0 radical (unpaired) electrons. The van der Waals surface area contributed by atoms with Gasteiger partial charge in [0.1, 0.15) is 0 Å². The fourth-order valence-corrected chi connectivity index (χ4v) is 12.3. The largest absolute Gasteiger partial charge is 0.254 e. The van der Waals surface area contributed by atoms with Gasteiger partial charge in [0.25, 0.3) is 0 Å². The van der Waals surface area contributed by atoms with Gasteiger partial charge >= 0.3 is 0 Å². The minimum Gasteiger partial charge on any atom is -0.254 e. The molecule has 2 nitrogen and oxygen atoms in total. The third-order valence-corrected chi connectivity index (χ3v) is 16.4. The van der Waals surface area contributed by atoms with Crippen LogP contribution in [0.3, 0.4) is 0 Å². The number of fused-ring (bicyclic) bond motifs is 8. The van der Waals surface area contributed by atoms with Crippen LogP contribution in [0.5, 0.6) is 0 Å². The van der Waals surface area contributed by atoms with Crippen LogP contribution in [0.1, 0.15) is 49.9 Å². The lowest BCUT2D eigenvalue weighted by molar-refractivity contribution is 0.660. The smallest absolute Gasteiger partial charge is 0.0886 e. The fraction of sp³-hybridized carbons (Fsp3) is 0.0833. The van der Waals surface area contributed by atoms with Crippen molar-refractivity contribution in [1.29, 1.82) is 0 Å². The maximum absolute atomic E-state index is 4.98. The lowest BCUT2D eigenvalue weighted by Crippen LogP contribution is -2.15. The highest BCUT2D eigenvalue weighted by atomic mass is 14.8. The Morgan fingerprint density at radius 1 is 0.243 bits per heavy atom. The van der Waals surface area contributed by atoms with Gasteiger partial charge in [-0.15, -0.1) is 0 Å². The quantitative estimate of drug-likeness (QED) is 0.159. The molecule has 14 rings (SSSR count). The van der Waals surface area contributed by atoms with Gasteiger partial charge < -0.3 is 0 Å². The third kappa shape index (κ3) is 7.08. The highest BCUT2D eigenvalue weighted by molar-refractivity contribution is 5.99. The normalized spacial score (nSPS) is 13.6. The van der Waals surface area contributed by atoms with Gasteiger partial charge in [0.2, 0.25) is 0 Å². The predicted molar refractivity (Wildman–Crippen MR) is 310 cm³/mol. The van der Waals surface area contributed by atoms with Crippen molar-refractivity contribution in [3.05, 3.63) is 265 Å². The van der Waals surface area contributed by atoms with E-state index in [1.807, 2.05) is 12.4 Å². The minimum atomic E-state index is -0.169. The van der Waals surface area contributed by atoms with Crippen molar-refractivity contribution in [2.45, 2.75) is 38.5 Å². The summed E-state index contributed by atoms with van der Waals surface area (Å²) in [7, 11) is 0. The monoisotopic (exact) mass is 944 g/mol. The number of aromatic nitrogens is 2. The average molecular weight is 945 g/mol. The molecule has 2 heteroatoms. The van der Waals surface area contributed by atoms with Crippen LogP contribution in [0.25, 0.3) is 122 Å². The SMILES string of the molecule is CC1(C)c2cc(-c3ccc(-c4ccc(-c5ccc6c(c5)C(C)(C)c5cc(-c7cccc(-c8cccc9ccccc89)c7)ccc5-6)cn4)nc3)ccc2-c2ccc(-c3cccc(-c4cccc5ccccc45)c3)cc21. The Bertz CT molecular complexity index is 3950. The second-order valence-electron chi connectivity index (χ2n) is 21.4. The molecule has 2 aromatic heterocycles. The van der Waals surface area contributed by atoms with Gasteiger partial charge in [-0.2, -0.15) is 0 Å². The molecule has 350 valence electrons. The highest BCUT2D eigenvalue weighted by Crippen LogP contribution is 2.52. The van der Waals surface area contributed by atoms with Crippen LogP contribution < -0.4 is 0 Å². The van der Waals surface area contributed by atoms with Crippen molar-refractivity contribution in [2.24, 2.45) is 0 Å². The molecule has 10 aromatic carbocycles. The van der Waals surface area contributed by atoms with Gasteiger partial charge in [-0.05, 0) is 170 Å². The van der Waals surface area contributed by atoms with Gasteiger partial charge in [0.15, 0.2) is 0 Å². The maximum atomic E-state index is 4.98. The maximum Gasteiger partial charge on any atom is 0.0886 e. The number of nitrogens with zero attached hydrogens (tertiary/aromatic N) is 2. The van der Waals surface area contributed by atoms with E-state index in [1.54, 1.807) is 0 Å². The molecule has 0 fully saturated rings. The summed E-state index contributed by atoms with van der Waals surface area (Å²) in [6, 6.07) is 84.9. The summed E-state index contributed by atoms with van der Waals surface area (Å²) >= 11 is 0. The van der Waals surface area contributed by atoms with E-state index < -0.39 is 0 Å². The molecule has 2 aliphatic rings. The first-order valence-corrected chi connectivity index (χ1v) is 25.8. The van der Waals surface area contributed by atoms with Crippen LogP contribution in [-0.2, 0) is 10.8 Å². The molecule has 74 heavy (non-hydrogen) atoms. The summed E-state index contributed by atoms with van der Waals surface area (Å²) in [5.74, 6) is 0. The summed E-state index contributed by atoms with van der Waals surface area (Å²) in [4.78, 5) is 9.95. The minimum absolute atomic E-state index is 0.169. The Morgan fingerprint density at radius 2 is 0.554 bits per heavy atom. The predicted octanol–water partition coefficient (Wildman–Crippen LogP) is 19.1. The van der Waals surface area contributed by atoms with Gasteiger partial charge in [0.05, 0.1) is 11.4 Å². The van der Waals surface area contributed by atoms with Crippen molar-refractivity contribution in [2.75, 3.05) is 0 Å². The van der Waals surface area contributed by atoms with Crippen LogP contribution in [0.2, 0.25) is 0 Å². The summed E-state index contributed by atoms with van der Waals surface area (Å²) in [5, 5.41) is 5.07. The van der Waals surface area contributed by atoms with Crippen molar-refractivity contribution in [3.8, 4) is 100 Å². The molecule has 0 N–H and O–H groups in total. The number of hydrogen-bond donors (Lipinski definition) is 0. The summed E-state index contributed by atoms with van der Waals surface area (Å²) in [6.07, 6.45) is 3.99. The Hall–Kier alpha value is -8.98. The van der Waals surface area contributed by atoms with E-state index in [1.165, 1.54) is 122 Å². The molecule has 0 amide bonds. The highest BCUT2D eigenvalue weighted by Gasteiger charge is 2.37. The first-order chi connectivity index (χ1) is 36.2. The van der Waals surface area contributed by atoms with Crippen molar-refractivity contribution >= 4 is 21.5 Å².